The minimum atomic E-state index is -0.0964. The number of ether oxygens (including phenoxy) is 1. The van der Waals surface area contributed by atoms with Crippen molar-refractivity contribution in [2.75, 3.05) is 6.54 Å². The summed E-state index contributed by atoms with van der Waals surface area (Å²) in [5.74, 6) is 4.04. The third-order valence-corrected chi connectivity index (χ3v) is 11.0. The summed E-state index contributed by atoms with van der Waals surface area (Å²) in [6.45, 7) is 8.67. The van der Waals surface area contributed by atoms with Crippen molar-refractivity contribution < 1.29 is 9.84 Å². The summed E-state index contributed by atoms with van der Waals surface area (Å²) in [5.41, 5.74) is 2.41. The van der Waals surface area contributed by atoms with Crippen molar-refractivity contribution >= 4 is 0 Å². The first-order valence-electron chi connectivity index (χ1n) is 12.6. The zero-order chi connectivity index (χ0) is 20.0. The van der Waals surface area contributed by atoms with Gasteiger partial charge in [-0.15, -0.1) is 0 Å². The average Bonchev–Trinajstić information content (AvgIpc) is 3.18. The Hall–Kier alpha value is -0.380. The van der Waals surface area contributed by atoms with E-state index >= 15 is 0 Å². The molecule has 3 unspecified atom stereocenters. The van der Waals surface area contributed by atoms with Crippen molar-refractivity contribution in [2.45, 2.75) is 103 Å². The van der Waals surface area contributed by atoms with Crippen LogP contribution in [-0.4, -0.2) is 29.6 Å². The van der Waals surface area contributed by atoms with Crippen LogP contribution >= 0.6 is 0 Å². The van der Waals surface area contributed by atoms with Crippen LogP contribution in [0.5, 0.6) is 0 Å². The Kier molecular flexibility index (Phi) is 4.21. The number of fused-ring (bicyclic) bond motifs is 7. The molecule has 29 heavy (non-hydrogen) atoms. The van der Waals surface area contributed by atoms with E-state index in [9.17, 15) is 5.11 Å². The molecule has 3 nitrogen and oxygen atoms in total. The van der Waals surface area contributed by atoms with Crippen LogP contribution in [0.25, 0.3) is 0 Å². The fourth-order valence-corrected chi connectivity index (χ4v) is 9.23. The topological polar surface area (TPSA) is 41.5 Å². The third kappa shape index (κ3) is 2.66. The monoisotopic (exact) mass is 399 g/mol. The molecule has 3 heteroatoms. The molecule has 10 atom stereocenters. The normalized spacial score (nSPS) is 58.9. The maximum absolute atomic E-state index is 10.2. The van der Waals surface area contributed by atoms with Crippen molar-refractivity contribution in [1.82, 2.24) is 5.32 Å². The van der Waals surface area contributed by atoms with Crippen LogP contribution in [0.4, 0.5) is 0 Å². The highest BCUT2D eigenvalue weighted by atomic mass is 16.5. The fraction of sp³-hybridized carbons (Fsp3) is 0.923. The number of aliphatic hydroxyl groups is 1. The van der Waals surface area contributed by atoms with Crippen molar-refractivity contribution in [1.29, 1.82) is 0 Å². The molecule has 0 aromatic carbocycles. The van der Waals surface area contributed by atoms with Crippen LogP contribution in [-0.2, 0) is 4.74 Å². The maximum atomic E-state index is 10.2. The summed E-state index contributed by atoms with van der Waals surface area (Å²) in [6.07, 6.45) is 15.2. The first-order chi connectivity index (χ1) is 13.8. The van der Waals surface area contributed by atoms with Gasteiger partial charge < -0.3 is 9.84 Å². The van der Waals surface area contributed by atoms with Crippen LogP contribution in [0.3, 0.4) is 0 Å². The van der Waals surface area contributed by atoms with E-state index < -0.39 is 0 Å². The van der Waals surface area contributed by atoms with Gasteiger partial charge in [0.15, 0.2) is 0 Å². The first kappa shape index (κ1) is 19.3. The molecule has 0 amide bonds. The Morgan fingerprint density at radius 3 is 2.72 bits per heavy atom. The van der Waals surface area contributed by atoms with Crippen LogP contribution < -0.4 is 5.32 Å². The van der Waals surface area contributed by atoms with Gasteiger partial charge in [-0.1, -0.05) is 32.4 Å². The van der Waals surface area contributed by atoms with Gasteiger partial charge in [0.05, 0.1) is 12.2 Å². The molecule has 0 bridgehead atoms. The molecule has 6 aliphatic rings. The van der Waals surface area contributed by atoms with Crippen LogP contribution in [0, 0.1) is 40.4 Å². The van der Waals surface area contributed by atoms with Gasteiger partial charge in [0.25, 0.3) is 0 Å². The zero-order valence-electron chi connectivity index (χ0n) is 18.8. The molecule has 6 rings (SSSR count). The highest BCUT2D eigenvalue weighted by Gasteiger charge is 2.65. The lowest BCUT2D eigenvalue weighted by Crippen LogP contribution is -2.53. The van der Waals surface area contributed by atoms with Crippen molar-refractivity contribution in [3.05, 3.63) is 11.6 Å². The van der Waals surface area contributed by atoms with E-state index in [0.29, 0.717) is 16.9 Å². The van der Waals surface area contributed by atoms with Gasteiger partial charge in [0, 0.05) is 6.54 Å². The largest absolute Gasteiger partial charge is 0.393 e. The lowest BCUT2D eigenvalue weighted by Gasteiger charge is -2.58. The Morgan fingerprint density at radius 1 is 1.07 bits per heavy atom. The summed E-state index contributed by atoms with van der Waals surface area (Å²) in [7, 11) is 0. The van der Waals surface area contributed by atoms with Gasteiger partial charge in [-0.3, -0.25) is 5.32 Å². The molecule has 0 aromatic rings. The van der Waals surface area contributed by atoms with E-state index in [-0.39, 0.29) is 11.8 Å². The summed E-state index contributed by atoms with van der Waals surface area (Å²) in [6, 6.07) is 0. The molecule has 1 spiro atoms. The van der Waals surface area contributed by atoms with E-state index in [1.54, 1.807) is 5.57 Å². The molecule has 4 aliphatic carbocycles. The second-order valence-electron chi connectivity index (χ2n) is 12.4. The number of allylic oxidation sites excluding steroid dienone is 1. The van der Waals surface area contributed by atoms with E-state index in [1.165, 1.54) is 51.4 Å². The SMILES string of the molecule is CC1CC[C@]2(C[C@@H]3[C@@H](CC4[C@H]5CC=C6C[C@@H](O)CC[C@@]6(C)C5CC[C@]43C)O2)NC1. The Balaban J connectivity index is 1.25. The van der Waals surface area contributed by atoms with Crippen molar-refractivity contribution in [3.63, 3.8) is 0 Å². The summed E-state index contributed by atoms with van der Waals surface area (Å²) in [4.78, 5) is 0. The Morgan fingerprint density at radius 2 is 1.93 bits per heavy atom. The number of hydrogen-bond donors (Lipinski definition) is 2. The lowest BCUT2D eigenvalue weighted by atomic mass is 9.47. The first-order valence-corrected chi connectivity index (χ1v) is 12.6. The molecule has 2 N–H and O–H groups in total. The van der Waals surface area contributed by atoms with Gasteiger partial charge >= 0.3 is 0 Å². The van der Waals surface area contributed by atoms with Crippen LogP contribution in [0.2, 0.25) is 0 Å². The Labute approximate surface area is 177 Å². The molecular weight excluding hydrogens is 358 g/mol. The van der Waals surface area contributed by atoms with E-state index in [1.807, 2.05) is 0 Å². The van der Waals surface area contributed by atoms with Crippen molar-refractivity contribution in [2.24, 2.45) is 40.4 Å². The number of rotatable bonds is 0. The molecule has 0 radical (unpaired) electrons. The number of piperidine rings is 1. The zero-order valence-corrected chi connectivity index (χ0v) is 18.8. The average molecular weight is 400 g/mol. The van der Waals surface area contributed by atoms with Crippen molar-refractivity contribution in [3.8, 4) is 0 Å². The van der Waals surface area contributed by atoms with Gasteiger partial charge in [-0.25, -0.2) is 0 Å². The summed E-state index contributed by atoms with van der Waals surface area (Å²) < 4.78 is 6.89. The molecule has 162 valence electrons. The number of hydrogen-bond acceptors (Lipinski definition) is 3. The highest BCUT2D eigenvalue weighted by Crippen LogP contribution is 2.69. The fourth-order valence-electron chi connectivity index (χ4n) is 9.23. The quantitative estimate of drug-likeness (QED) is 0.561. The minimum absolute atomic E-state index is 0.00219. The van der Waals surface area contributed by atoms with Gasteiger partial charge in [-0.05, 0) is 105 Å². The predicted molar refractivity (Wildman–Crippen MR) is 115 cm³/mol. The standard InChI is InChI=1S/C26H41NO2/c1-16-6-11-26(27-15-16)14-22-23(29-26)13-21-19-5-4-17-12-18(28)7-9-24(17,2)20(19)8-10-25(21,22)3/h4,16,18-23,27-28H,5-15H2,1-3H3/t16?,18-,19-,20?,21?,22+,23+,24+,25+,26-/m0/s1. The number of aliphatic hydroxyl groups excluding tert-OH is 1. The molecule has 0 aromatic heterocycles. The summed E-state index contributed by atoms with van der Waals surface area (Å²) >= 11 is 0. The second kappa shape index (κ2) is 6.33. The van der Waals surface area contributed by atoms with E-state index in [2.05, 4.69) is 32.2 Å². The lowest BCUT2D eigenvalue weighted by molar-refractivity contribution is -0.0960. The Bertz CT molecular complexity index is 709. The molecule has 2 saturated heterocycles. The summed E-state index contributed by atoms with van der Waals surface area (Å²) in [5, 5.41) is 14.1. The highest BCUT2D eigenvalue weighted by molar-refractivity contribution is 5.26. The maximum Gasteiger partial charge on any atom is 0.120 e. The molecule has 3 saturated carbocycles. The third-order valence-electron chi connectivity index (χ3n) is 11.0. The predicted octanol–water partition coefficient (Wildman–Crippen LogP) is 5.04. The van der Waals surface area contributed by atoms with Crippen LogP contribution in [0.1, 0.15) is 85.0 Å². The molecule has 2 heterocycles. The van der Waals surface area contributed by atoms with E-state index in [0.717, 1.165) is 49.0 Å². The van der Waals surface area contributed by atoms with E-state index in [4.69, 9.17) is 4.74 Å². The molecular formula is C26H41NO2. The van der Waals surface area contributed by atoms with Gasteiger partial charge in [-0.2, -0.15) is 0 Å². The molecule has 5 fully saturated rings. The van der Waals surface area contributed by atoms with Gasteiger partial charge in [0.2, 0.25) is 0 Å². The van der Waals surface area contributed by atoms with Crippen LogP contribution in [0.15, 0.2) is 11.6 Å². The molecule has 2 aliphatic heterocycles. The number of nitrogens with one attached hydrogen (secondary N) is 1. The minimum Gasteiger partial charge on any atom is -0.393 e. The second-order valence-corrected chi connectivity index (χ2v) is 12.4. The van der Waals surface area contributed by atoms with Gasteiger partial charge in [0.1, 0.15) is 5.72 Å². The smallest absolute Gasteiger partial charge is 0.120 e.